The van der Waals surface area contributed by atoms with E-state index in [2.05, 4.69) is 4.90 Å². The van der Waals surface area contributed by atoms with E-state index >= 15 is 0 Å². The van der Waals surface area contributed by atoms with Crippen molar-refractivity contribution < 1.29 is 23.7 Å². The second-order valence-electron chi connectivity index (χ2n) is 8.45. The zero-order chi connectivity index (χ0) is 23.8. The van der Waals surface area contributed by atoms with Gasteiger partial charge in [-0.25, -0.2) is 4.79 Å². The lowest BCUT2D eigenvalue weighted by atomic mass is 9.92. The van der Waals surface area contributed by atoms with E-state index < -0.39 is 5.63 Å². The third-order valence-electron chi connectivity index (χ3n) is 6.56. The van der Waals surface area contributed by atoms with Crippen LogP contribution in [0.15, 0.2) is 57.7 Å². The SMILES string of the molecule is COc1ccc([C@H](c2ccc3c(ccc4c(C)cc(=O)oc43)c2O)N2CCOCC2)c(OC)c1. The highest BCUT2D eigenvalue weighted by molar-refractivity contribution is 6.07. The number of phenolic OH excluding ortho intramolecular Hbond substituents is 1. The second kappa shape index (κ2) is 9.00. The van der Waals surface area contributed by atoms with Gasteiger partial charge in [-0.3, -0.25) is 4.90 Å². The molecule has 34 heavy (non-hydrogen) atoms. The summed E-state index contributed by atoms with van der Waals surface area (Å²) in [4.78, 5) is 14.3. The molecule has 176 valence electrons. The smallest absolute Gasteiger partial charge is 0.336 e. The van der Waals surface area contributed by atoms with Crippen LogP contribution in [0.3, 0.4) is 0 Å². The number of rotatable bonds is 5. The van der Waals surface area contributed by atoms with Gasteiger partial charge in [0, 0.05) is 52.5 Å². The molecule has 1 fully saturated rings. The highest BCUT2D eigenvalue weighted by Crippen LogP contribution is 2.43. The van der Waals surface area contributed by atoms with E-state index in [4.69, 9.17) is 18.6 Å². The Hall–Kier alpha value is -3.55. The minimum Gasteiger partial charge on any atom is -0.507 e. The predicted octanol–water partition coefficient (Wildman–Crippen LogP) is 4.40. The summed E-state index contributed by atoms with van der Waals surface area (Å²) in [5.74, 6) is 1.52. The maximum atomic E-state index is 12.1. The molecule has 2 heterocycles. The van der Waals surface area contributed by atoms with Crippen LogP contribution in [0.2, 0.25) is 0 Å². The maximum Gasteiger partial charge on any atom is 0.336 e. The summed E-state index contributed by atoms with van der Waals surface area (Å²) in [5, 5.41) is 13.7. The van der Waals surface area contributed by atoms with Crippen LogP contribution in [-0.4, -0.2) is 50.5 Å². The van der Waals surface area contributed by atoms with Crippen LogP contribution in [0, 0.1) is 6.92 Å². The van der Waals surface area contributed by atoms with E-state index in [0.29, 0.717) is 54.2 Å². The summed E-state index contributed by atoms with van der Waals surface area (Å²) in [7, 11) is 3.25. The van der Waals surface area contributed by atoms with E-state index in [9.17, 15) is 9.90 Å². The largest absolute Gasteiger partial charge is 0.507 e. The van der Waals surface area contributed by atoms with Crippen molar-refractivity contribution in [1.29, 1.82) is 0 Å². The van der Waals surface area contributed by atoms with Crippen molar-refractivity contribution in [3.8, 4) is 17.2 Å². The van der Waals surface area contributed by atoms with Gasteiger partial charge in [0.1, 0.15) is 22.8 Å². The minimum atomic E-state index is -0.407. The first-order chi connectivity index (χ1) is 16.5. The molecule has 1 N–H and O–H groups in total. The Bertz CT molecular complexity index is 1420. The Balaban J connectivity index is 1.74. The van der Waals surface area contributed by atoms with Crippen LogP contribution in [0.5, 0.6) is 17.2 Å². The molecule has 4 aromatic rings. The number of aryl methyl sites for hydroxylation is 1. The quantitative estimate of drug-likeness (QED) is 0.349. The molecule has 7 heteroatoms. The molecular formula is C27H27NO6. The molecule has 0 bridgehead atoms. The molecule has 1 atom stereocenters. The Kier molecular flexibility index (Phi) is 5.89. The Morgan fingerprint density at radius 3 is 2.35 bits per heavy atom. The molecule has 0 saturated carbocycles. The lowest BCUT2D eigenvalue weighted by Crippen LogP contribution is -2.39. The first-order valence-electron chi connectivity index (χ1n) is 11.2. The number of hydrogen-bond acceptors (Lipinski definition) is 7. The fourth-order valence-electron chi connectivity index (χ4n) is 4.85. The van der Waals surface area contributed by atoms with Crippen molar-refractivity contribution in [1.82, 2.24) is 4.90 Å². The summed E-state index contributed by atoms with van der Waals surface area (Å²) in [6.07, 6.45) is 0. The summed E-state index contributed by atoms with van der Waals surface area (Å²) < 4.78 is 22.2. The number of nitrogens with zero attached hydrogens (tertiary/aromatic N) is 1. The van der Waals surface area contributed by atoms with Gasteiger partial charge in [-0.15, -0.1) is 0 Å². The van der Waals surface area contributed by atoms with E-state index in [1.54, 1.807) is 14.2 Å². The van der Waals surface area contributed by atoms with Crippen LogP contribution in [0.1, 0.15) is 22.7 Å². The summed E-state index contributed by atoms with van der Waals surface area (Å²) >= 11 is 0. The fraction of sp³-hybridized carbons (Fsp3) is 0.296. The molecule has 5 rings (SSSR count). The third-order valence-corrected chi connectivity index (χ3v) is 6.56. The van der Waals surface area contributed by atoms with Gasteiger partial charge in [0.25, 0.3) is 0 Å². The molecule has 1 aliphatic heterocycles. The first kappa shape index (κ1) is 22.3. The second-order valence-corrected chi connectivity index (χ2v) is 8.45. The topological polar surface area (TPSA) is 81.4 Å². The number of phenols is 1. The zero-order valence-electron chi connectivity index (χ0n) is 19.5. The lowest BCUT2D eigenvalue weighted by molar-refractivity contribution is 0.0232. The van der Waals surface area contributed by atoms with E-state index in [-0.39, 0.29) is 11.8 Å². The Labute approximate surface area is 197 Å². The highest BCUT2D eigenvalue weighted by Gasteiger charge is 2.30. The van der Waals surface area contributed by atoms with Crippen molar-refractivity contribution in [2.45, 2.75) is 13.0 Å². The van der Waals surface area contributed by atoms with Crippen molar-refractivity contribution in [3.05, 3.63) is 75.6 Å². The molecule has 3 aromatic carbocycles. The average molecular weight is 462 g/mol. The summed E-state index contributed by atoms with van der Waals surface area (Å²) in [6, 6.07) is 14.5. The number of fused-ring (bicyclic) bond motifs is 3. The standard InChI is InChI=1S/C27H27NO6/c1-16-14-24(29)34-27-18(16)6-7-19-20(27)8-9-22(26(19)30)25(28-10-12-33-13-11-28)21-5-4-17(31-2)15-23(21)32-3/h4-9,14-15,25,30H,10-13H2,1-3H3/t25-/m1/s1. The Morgan fingerprint density at radius 2 is 1.62 bits per heavy atom. The number of benzene rings is 3. The zero-order valence-corrected chi connectivity index (χ0v) is 19.5. The number of aromatic hydroxyl groups is 1. The van der Waals surface area contributed by atoms with Crippen LogP contribution < -0.4 is 15.1 Å². The van der Waals surface area contributed by atoms with Crippen molar-refractivity contribution in [3.63, 3.8) is 0 Å². The van der Waals surface area contributed by atoms with Crippen LogP contribution in [0.25, 0.3) is 21.7 Å². The van der Waals surface area contributed by atoms with Crippen LogP contribution in [-0.2, 0) is 4.74 Å². The third kappa shape index (κ3) is 3.77. The molecule has 1 saturated heterocycles. The maximum absolute atomic E-state index is 12.1. The van der Waals surface area contributed by atoms with Crippen molar-refractivity contribution >= 4 is 21.7 Å². The lowest BCUT2D eigenvalue weighted by Gasteiger charge is -2.36. The van der Waals surface area contributed by atoms with Gasteiger partial charge in [-0.1, -0.05) is 12.1 Å². The number of methoxy groups -OCH3 is 2. The van der Waals surface area contributed by atoms with Gasteiger partial charge < -0.3 is 23.7 Å². The first-order valence-corrected chi connectivity index (χ1v) is 11.2. The monoisotopic (exact) mass is 461 g/mol. The predicted molar refractivity (Wildman–Crippen MR) is 130 cm³/mol. The molecule has 7 nitrogen and oxygen atoms in total. The van der Waals surface area contributed by atoms with E-state index in [0.717, 1.165) is 22.1 Å². The fourth-order valence-corrected chi connectivity index (χ4v) is 4.85. The van der Waals surface area contributed by atoms with Crippen LogP contribution in [0.4, 0.5) is 0 Å². The van der Waals surface area contributed by atoms with Gasteiger partial charge in [-0.2, -0.15) is 0 Å². The van der Waals surface area contributed by atoms with Gasteiger partial charge in [0.15, 0.2) is 0 Å². The van der Waals surface area contributed by atoms with Gasteiger partial charge >= 0.3 is 5.63 Å². The van der Waals surface area contributed by atoms with Gasteiger partial charge in [0.05, 0.1) is 33.5 Å². The van der Waals surface area contributed by atoms with Gasteiger partial charge in [0.2, 0.25) is 0 Å². The Morgan fingerprint density at radius 1 is 0.912 bits per heavy atom. The van der Waals surface area contributed by atoms with Gasteiger partial charge in [-0.05, 0) is 36.8 Å². The van der Waals surface area contributed by atoms with E-state index in [1.807, 2.05) is 49.4 Å². The highest BCUT2D eigenvalue weighted by atomic mass is 16.5. The number of ether oxygens (including phenoxy) is 3. The molecule has 1 aromatic heterocycles. The molecule has 0 spiro atoms. The molecule has 0 amide bonds. The summed E-state index contributed by atoms with van der Waals surface area (Å²) in [6.45, 7) is 4.52. The summed E-state index contributed by atoms with van der Waals surface area (Å²) in [5.41, 5.74) is 2.57. The molecule has 1 aliphatic rings. The number of morpholine rings is 1. The molecule has 0 radical (unpaired) electrons. The molecule has 0 aliphatic carbocycles. The van der Waals surface area contributed by atoms with Crippen LogP contribution >= 0.6 is 0 Å². The molecule has 0 unspecified atom stereocenters. The van der Waals surface area contributed by atoms with Crippen molar-refractivity contribution in [2.24, 2.45) is 0 Å². The number of hydrogen-bond donors (Lipinski definition) is 1. The molecular weight excluding hydrogens is 434 g/mol. The van der Waals surface area contributed by atoms with E-state index in [1.165, 1.54) is 6.07 Å². The van der Waals surface area contributed by atoms with Crippen molar-refractivity contribution in [2.75, 3.05) is 40.5 Å². The average Bonchev–Trinajstić information content (AvgIpc) is 2.86. The minimum absolute atomic E-state index is 0.151. The normalized spacial score (nSPS) is 15.5.